The maximum atomic E-state index is 5.72. The first kappa shape index (κ1) is 14.2. The van der Waals surface area contributed by atoms with Crippen molar-refractivity contribution in [1.82, 2.24) is 9.88 Å². The molecule has 4 rings (SSSR count). The van der Waals surface area contributed by atoms with Crippen LogP contribution < -0.4 is 0 Å². The van der Waals surface area contributed by atoms with E-state index in [2.05, 4.69) is 46.3 Å². The van der Waals surface area contributed by atoms with Crippen molar-refractivity contribution in [2.24, 2.45) is 0 Å². The van der Waals surface area contributed by atoms with Gasteiger partial charge in [-0.15, -0.1) is 0 Å². The molecule has 3 nitrogen and oxygen atoms in total. The second-order valence-corrected chi connectivity index (χ2v) is 6.26. The van der Waals surface area contributed by atoms with Gasteiger partial charge in [-0.25, -0.2) is 0 Å². The monoisotopic (exact) mass is 304 g/mol. The fraction of sp³-hybridized carbons (Fsp3) is 0.250. The quantitative estimate of drug-likeness (QED) is 0.721. The highest BCUT2D eigenvalue weighted by molar-refractivity contribution is 5.58. The first-order chi connectivity index (χ1) is 11.3. The van der Waals surface area contributed by atoms with Crippen LogP contribution in [0.1, 0.15) is 22.9 Å². The number of hydrogen-bond acceptors (Lipinski definition) is 3. The van der Waals surface area contributed by atoms with Crippen molar-refractivity contribution in [3.05, 3.63) is 77.8 Å². The molecule has 3 heteroatoms. The van der Waals surface area contributed by atoms with Gasteiger partial charge < -0.3 is 4.42 Å². The Kier molecular flexibility index (Phi) is 3.72. The lowest BCUT2D eigenvalue weighted by molar-refractivity contribution is 0.137. The molecule has 1 fully saturated rings. The molecule has 23 heavy (non-hydrogen) atoms. The molecule has 0 bridgehead atoms. The second kappa shape index (κ2) is 6.01. The molecule has 0 unspecified atom stereocenters. The molecule has 0 saturated carbocycles. The van der Waals surface area contributed by atoms with Crippen LogP contribution in [0, 0.1) is 6.92 Å². The largest absolute Gasteiger partial charge is 0.461 e. The van der Waals surface area contributed by atoms with E-state index in [0.717, 1.165) is 36.7 Å². The molecule has 0 aliphatic carbocycles. The van der Waals surface area contributed by atoms with Crippen LogP contribution in [0.4, 0.5) is 0 Å². The lowest BCUT2D eigenvalue weighted by Gasteiger charge is -2.39. The Balaban J connectivity index is 1.41. The van der Waals surface area contributed by atoms with Gasteiger partial charge in [0.1, 0.15) is 11.5 Å². The van der Waals surface area contributed by atoms with Crippen LogP contribution in [0.5, 0.6) is 0 Å². The van der Waals surface area contributed by atoms with E-state index in [1.165, 1.54) is 11.3 Å². The third-order valence-electron chi connectivity index (χ3n) is 4.42. The third-order valence-corrected chi connectivity index (χ3v) is 4.42. The Morgan fingerprint density at radius 1 is 1.09 bits per heavy atom. The third kappa shape index (κ3) is 3.06. The topological polar surface area (TPSA) is 29.3 Å². The molecule has 1 aliphatic heterocycles. The lowest BCUT2D eigenvalue weighted by Crippen LogP contribution is -2.44. The standard InChI is InChI=1S/C20H20N2O/c1-15-8-9-20(23-15)17-6-4-5-16(11-17)12-22-13-18(14-22)19-7-2-3-10-21-19/h2-11,18H,12-14H2,1H3. The number of hydrogen-bond donors (Lipinski definition) is 0. The average molecular weight is 304 g/mol. The van der Waals surface area contributed by atoms with Gasteiger partial charge >= 0.3 is 0 Å². The molecule has 0 amide bonds. The maximum Gasteiger partial charge on any atom is 0.134 e. The van der Waals surface area contributed by atoms with Gasteiger partial charge in [-0.05, 0) is 42.8 Å². The van der Waals surface area contributed by atoms with E-state index in [9.17, 15) is 0 Å². The molecule has 0 N–H and O–H groups in total. The summed E-state index contributed by atoms with van der Waals surface area (Å²) in [5, 5.41) is 0. The second-order valence-electron chi connectivity index (χ2n) is 6.26. The SMILES string of the molecule is Cc1ccc(-c2cccc(CN3CC(c4ccccn4)C3)c2)o1. The van der Waals surface area contributed by atoms with E-state index in [4.69, 9.17) is 4.42 Å². The van der Waals surface area contributed by atoms with E-state index in [-0.39, 0.29) is 0 Å². The summed E-state index contributed by atoms with van der Waals surface area (Å²) in [5.74, 6) is 2.47. The fourth-order valence-electron chi connectivity index (χ4n) is 3.17. The predicted molar refractivity (Wildman–Crippen MR) is 91.1 cm³/mol. The van der Waals surface area contributed by atoms with Crippen LogP contribution in [0.25, 0.3) is 11.3 Å². The van der Waals surface area contributed by atoms with E-state index in [0.29, 0.717) is 5.92 Å². The average Bonchev–Trinajstić information content (AvgIpc) is 2.98. The number of benzene rings is 1. The lowest BCUT2D eigenvalue weighted by atomic mass is 9.95. The van der Waals surface area contributed by atoms with Gasteiger partial charge in [0.2, 0.25) is 0 Å². The van der Waals surface area contributed by atoms with Crippen molar-refractivity contribution in [3.8, 4) is 11.3 Å². The van der Waals surface area contributed by atoms with Crippen LogP contribution in [0.3, 0.4) is 0 Å². The summed E-state index contributed by atoms with van der Waals surface area (Å²) in [4.78, 5) is 6.92. The summed E-state index contributed by atoms with van der Waals surface area (Å²) in [6.07, 6.45) is 1.88. The van der Waals surface area contributed by atoms with Crippen LogP contribution in [-0.2, 0) is 6.54 Å². The molecule has 3 heterocycles. The van der Waals surface area contributed by atoms with Gasteiger partial charge in [0, 0.05) is 43.0 Å². The molecular formula is C20H20N2O. The molecule has 0 spiro atoms. The molecule has 1 saturated heterocycles. The Morgan fingerprint density at radius 3 is 2.74 bits per heavy atom. The minimum atomic E-state index is 0.576. The van der Waals surface area contributed by atoms with Gasteiger partial charge in [0.05, 0.1) is 0 Å². The number of nitrogens with zero attached hydrogens (tertiary/aromatic N) is 2. The number of rotatable bonds is 4. The smallest absolute Gasteiger partial charge is 0.134 e. The van der Waals surface area contributed by atoms with E-state index in [1.807, 2.05) is 31.3 Å². The van der Waals surface area contributed by atoms with Crippen molar-refractivity contribution >= 4 is 0 Å². The molecule has 0 radical (unpaired) electrons. The van der Waals surface area contributed by atoms with Crippen molar-refractivity contribution in [2.45, 2.75) is 19.4 Å². The van der Waals surface area contributed by atoms with Crippen LogP contribution in [-0.4, -0.2) is 23.0 Å². The fourth-order valence-corrected chi connectivity index (χ4v) is 3.17. The minimum Gasteiger partial charge on any atom is -0.461 e. The molecule has 116 valence electrons. The minimum absolute atomic E-state index is 0.576. The summed E-state index contributed by atoms with van der Waals surface area (Å²) in [6.45, 7) is 5.13. The number of pyridine rings is 1. The Labute approximate surface area is 136 Å². The van der Waals surface area contributed by atoms with Gasteiger partial charge in [-0.3, -0.25) is 9.88 Å². The Morgan fingerprint density at radius 2 is 2.00 bits per heavy atom. The Bertz CT molecular complexity index is 788. The summed E-state index contributed by atoms with van der Waals surface area (Å²) < 4.78 is 5.72. The van der Waals surface area contributed by atoms with Gasteiger partial charge in [-0.1, -0.05) is 24.3 Å². The number of aromatic nitrogens is 1. The summed E-state index contributed by atoms with van der Waals surface area (Å²) >= 11 is 0. The van der Waals surface area contributed by atoms with E-state index in [1.54, 1.807) is 0 Å². The van der Waals surface area contributed by atoms with E-state index < -0.39 is 0 Å². The van der Waals surface area contributed by atoms with Crippen LogP contribution in [0.2, 0.25) is 0 Å². The molecule has 0 atom stereocenters. The van der Waals surface area contributed by atoms with Gasteiger partial charge in [-0.2, -0.15) is 0 Å². The van der Waals surface area contributed by atoms with Crippen molar-refractivity contribution in [1.29, 1.82) is 0 Å². The normalized spacial score (nSPS) is 15.5. The van der Waals surface area contributed by atoms with Crippen LogP contribution >= 0.6 is 0 Å². The molecular weight excluding hydrogens is 284 g/mol. The first-order valence-corrected chi connectivity index (χ1v) is 8.07. The zero-order chi connectivity index (χ0) is 15.6. The highest BCUT2D eigenvalue weighted by Gasteiger charge is 2.28. The zero-order valence-corrected chi connectivity index (χ0v) is 13.3. The molecule has 1 aliphatic rings. The predicted octanol–water partition coefficient (Wildman–Crippen LogP) is 4.25. The van der Waals surface area contributed by atoms with Gasteiger partial charge in [0.25, 0.3) is 0 Å². The number of furan rings is 1. The molecule has 1 aromatic carbocycles. The first-order valence-electron chi connectivity index (χ1n) is 8.07. The van der Waals surface area contributed by atoms with Crippen LogP contribution in [0.15, 0.2) is 65.2 Å². The van der Waals surface area contributed by atoms with E-state index >= 15 is 0 Å². The summed E-state index contributed by atoms with van der Waals surface area (Å²) in [5.41, 5.74) is 3.69. The van der Waals surface area contributed by atoms with Crippen molar-refractivity contribution in [2.75, 3.05) is 13.1 Å². The molecule has 2 aromatic heterocycles. The highest BCUT2D eigenvalue weighted by Crippen LogP contribution is 2.28. The van der Waals surface area contributed by atoms with Crippen molar-refractivity contribution in [3.63, 3.8) is 0 Å². The Hall–Kier alpha value is -2.39. The van der Waals surface area contributed by atoms with Gasteiger partial charge in [0.15, 0.2) is 0 Å². The zero-order valence-electron chi connectivity index (χ0n) is 13.3. The maximum absolute atomic E-state index is 5.72. The summed E-state index contributed by atoms with van der Waals surface area (Å²) in [6, 6.07) is 18.8. The molecule has 3 aromatic rings. The number of aryl methyl sites for hydroxylation is 1. The highest BCUT2D eigenvalue weighted by atomic mass is 16.3. The van der Waals surface area contributed by atoms with Crippen molar-refractivity contribution < 1.29 is 4.42 Å². The summed E-state index contributed by atoms with van der Waals surface area (Å²) in [7, 11) is 0. The number of likely N-dealkylation sites (tertiary alicyclic amines) is 1.